The number of hydrogen-bond donors (Lipinski definition) is 1. The molecule has 160 valence electrons. The number of carbonyl (C=O) groups is 1. The van der Waals surface area contributed by atoms with Crippen molar-refractivity contribution < 1.29 is 9.53 Å². The molecule has 2 heterocycles. The number of methoxy groups -OCH3 is 1. The van der Waals surface area contributed by atoms with Crippen LogP contribution in [0.3, 0.4) is 0 Å². The molecule has 0 radical (unpaired) electrons. The van der Waals surface area contributed by atoms with Gasteiger partial charge in [-0.2, -0.15) is 0 Å². The van der Waals surface area contributed by atoms with Crippen LogP contribution in [0, 0.1) is 0 Å². The topological polar surface area (TPSA) is 70.6 Å². The summed E-state index contributed by atoms with van der Waals surface area (Å²) in [6.45, 7) is 4.55. The first-order valence-electron chi connectivity index (χ1n) is 10.5. The maximum Gasteiger partial charge on any atom is 0.227 e. The van der Waals surface area contributed by atoms with Crippen LogP contribution in [0.25, 0.3) is 11.1 Å². The Hall–Kier alpha value is -3.45. The number of rotatable bonds is 8. The minimum Gasteiger partial charge on any atom is -0.497 e. The Balaban J connectivity index is 1.29. The van der Waals surface area contributed by atoms with Crippen molar-refractivity contribution in [3.63, 3.8) is 0 Å². The summed E-state index contributed by atoms with van der Waals surface area (Å²) in [5.74, 6) is 1.39. The molecule has 4 rings (SSSR count). The molecule has 3 aromatic rings. The molecule has 7 nitrogen and oxygen atoms in total. The van der Waals surface area contributed by atoms with Crippen molar-refractivity contribution in [3.05, 3.63) is 66.5 Å². The van der Waals surface area contributed by atoms with Crippen molar-refractivity contribution in [1.29, 1.82) is 0 Å². The predicted octanol–water partition coefficient (Wildman–Crippen LogP) is 3.21. The smallest absolute Gasteiger partial charge is 0.227 e. The molecule has 31 heavy (non-hydrogen) atoms. The van der Waals surface area contributed by atoms with Crippen molar-refractivity contribution >= 4 is 18.0 Å². The van der Waals surface area contributed by atoms with Gasteiger partial charge in [0.2, 0.25) is 12.4 Å². The zero-order valence-corrected chi connectivity index (χ0v) is 17.7. The number of carbonyl (C=O) groups excluding carboxylic acids is 1. The molecular formula is C24H27N5O2. The second kappa shape index (κ2) is 10.0. The van der Waals surface area contributed by atoms with Crippen LogP contribution in [0.2, 0.25) is 0 Å². The molecule has 2 aromatic carbocycles. The van der Waals surface area contributed by atoms with Gasteiger partial charge in [-0.3, -0.25) is 9.69 Å². The van der Waals surface area contributed by atoms with Crippen molar-refractivity contribution in [2.75, 3.05) is 45.2 Å². The van der Waals surface area contributed by atoms with E-state index in [2.05, 4.69) is 44.5 Å². The molecular weight excluding hydrogens is 390 g/mol. The van der Waals surface area contributed by atoms with E-state index in [0.29, 0.717) is 5.95 Å². The number of benzene rings is 2. The van der Waals surface area contributed by atoms with Crippen LogP contribution in [0.5, 0.6) is 5.75 Å². The van der Waals surface area contributed by atoms with Gasteiger partial charge in [0.15, 0.2) is 0 Å². The number of nitrogens with zero attached hydrogens (tertiary/aromatic N) is 4. The van der Waals surface area contributed by atoms with E-state index in [1.165, 1.54) is 5.56 Å². The summed E-state index contributed by atoms with van der Waals surface area (Å²) in [4.78, 5) is 23.9. The van der Waals surface area contributed by atoms with Gasteiger partial charge in [0.05, 0.1) is 7.11 Å². The van der Waals surface area contributed by atoms with Crippen molar-refractivity contribution in [1.82, 2.24) is 19.8 Å². The molecule has 1 fully saturated rings. The summed E-state index contributed by atoms with van der Waals surface area (Å²) in [6, 6.07) is 16.2. The first kappa shape index (κ1) is 20.8. The molecule has 0 unspecified atom stereocenters. The molecule has 1 amide bonds. The lowest BCUT2D eigenvalue weighted by molar-refractivity contribution is -0.119. The largest absolute Gasteiger partial charge is 0.497 e. The molecule has 1 aliphatic heterocycles. The fourth-order valence-corrected chi connectivity index (χ4v) is 3.59. The summed E-state index contributed by atoms with van der Waals surface area (Å²) in [5, 5.41) is 3.25. The van der Waals surface area contributed by atoms with Gasteiger partial charge in [0.1, 0.15) is 5.75 Å². The number of hydrogen-bond acceptors (Lipinski definition) is 6. The highest BCUT2D eigenvalue weighted by Gasteiger charge is 2.14. The first-order valence-corrected chi connectivity index (χ1v) is 10.5. The normalized spacial score (nSPS) is 14.3. The Labute approximate surface area is 182 Å². The van der Waals surface area contributed by atoms with E-state index in [-0.39, 0.29) is 0 Å². The second-order valence-corrected chi connectivity index (χ2v) is 7.58. The number of piperazine rings is 1. The molecule has 1 N–H and O–H groups in total. The van der Waals surface area contributed by atoms with Crippen LogP contribution in [0.15, 0.2) is 60.9 Å². The Kier molecular flexibility index (Phi) is 6.74. The van der Waals surface area contributed by atoms with Gasteiger partial charge < -0.3 is 15.0 Å². The number of amides is 1. The average molecular weight is 418 g/mol. The maximum absolute atomic E-state index is 10.8. The monoisotopic (exact) mass is 417 g/mol. The summed E-state index contributed by atoms with van der Waals surface area (Å²) in [5.41, 5.74) is 4.25. The molecule has 0 atom stereocenters. The Morgan fingerprint density at radius 1 is 0.935 bits per heavy atom. The minimum absolute atomic E-state index is 0.568. The third-order valence-electron chi connectivity index (χ3n) is 5.56. The van der Waals surface area contributed by atoms with E-state index < -0.39 is 0 Å². The lowest BCUT2D eigenvalue weighted by Crippen LogP contribution is -2.46. The highest BCUT2D eigenvalue weighted by Crippen LogP contribution is 2.22. The highest BCUT2D eigenvalue weighted by atomic mass is 16.5. The van der Waals surface area contributed by atoms with E-state index >= 15 is 0 Å². The van der Waals surface area contributed by atoms with E-state index in [1.54, 1.807) is 7.11 Å². The van der Waals surface area contributed by atoms with Crippen LogP contribution in [0.1, 0.15) is 5.56 Å². The van der Waals surface area contributed by atoms with Crippen LogP contribution in [0.4, 0.5) is 11.6 Å². The molecule has 1 saturated heterocycles. The third-order valence-corrected chi connectivity index (χ3v) is 5.56. The van der Waals surface area contributed by atoms with E-state index in [0.717, 1.165) is 68.1 Å². The van der Waals surface area contributed by atoms with Gasteiger partial charge in [-0.05, 0) is 41.8 Å². The number of aromatic nitrogens is 2. The van der Waals surface area contributed by atoms with E-state index in [1.807, 2.05) is 41.6 Å². The number of anilines is 2. The molecule has 0 aliphatic carbocycles. The zero-order valence-electron chi connectivity index (χ0n) is 17.7. The fourth-order valence-electron chi connectivity index (χ4n) is 3.59. The predicted molar refractivity (Wildman–Crippen MR) is 122 cm³/mol. The van der Waals surface area contributed by atoms with Crippen molar-refractivity contribution in [2.24, 2.45) is 0 Å². The van der Waals surface area contributed by atoms with Gasteiger partial charge in [-0.25, -0.2) is 9.97 Å². The molecule has 0 bridgehead atoms. The Morgan fingerprint density at radius 3 is 2.23 bits per heavy atom. The van der Waals surface area contributed by atoms with Gasteiger partial charge in [0.25, 0.3) is 0 Å². The highest BCUT2D eigenvalue weighted by molar-refractivity contribution is 5.63. The lowest BCUT2D eigenvalue weighted by Gasteiger charge is -2.32. The van der Waals surface area contributed by atoms with Crippen LogP contribution in [-0.2, 0) is 11.2 Å². The van der Waals surface area contributed by atoms with Gasteiger partial charge >= 0.3 is 0 Å². The van der Waals surface area contributed by atoms with Crippen LogP contribution in [-0.4, -0.2) is 66.0 Å². The molecule has 1 aromatic heterocycles. The van der Waals surface area contributed by atoms with Gasteiger partial charge in [-0.15, -0.1) is 0 Å². The lowest BCUT2D eigenvalue weighted by atomic mass is 10.1. The first-order chi connectivity index (χ1) is 15.2. The molecule has 0 saturated carbocycles. The molecule has 1 aliphatic rings. The fraction of sp³-hybridized carbons (Fsp3) is 0.292. The SMILES string of the molecule is COc1ccc(-c2cnc(Nc3ccc(CCN4CCN(C=O)CC4)cc3)nc2)cc1. The maximum atomic E-state index is 10.8. The number of ether oxygens (including phenoxy) is 1. The van der Waals surface area contributed by atoms with E-state index in [9.17, 15) is 4.79 Å². The molecule has 0 spiro atoms. The quantitative estimate of drug-likeness (QED) is 0.568. The Bertz CT molecular complexity index is 966. The summed E-state index contributed by atoms with van der Waals surface area (Å²) >= 11 is 0. The summed E-state index contributed by atoms with van der Waals surface area (Å²) in [6.07, 6.45) is 5.57. The summed E-state index contributed by atoms with van der Waals surface area (Å²) in [7, 11) is 1.66. The van der Waals surface area contributed by atoms with Gasteiger partial charge in [0, 0.05) is 56.4 Å². The molecule has 7 heteroatoms. The van der Waals surface area contributed by atoms with Crippen LogP contribution >= 0.6 is 0 Å². The standard InChI is InChI=1S/C24H27N5O2/c1-31-23-8-4-20(5-9-23)21-16-25-24(26-17-21)27-22-6-2-19(3-7-22)10-11-28-12-14-29(18-30)15-13-28/h2-9,16-18H,10-15H2,1H3,(H,25,26,27). The summed E-state index contributed by atoms with van der Waals surface area (Å²) < 4.78 is 5.20. The third kappa shape index (κ3) is 5.58. The van der Waals surface area contributed by atoms with Crippen molar-refractivity contribution in [3.8, 4) is 16.9 Å². The van der Waals surface area contributed by atoms with Crippen molar-refractivity contribution in [2.45, 2.75) is 6.42 Å². The number of nitrogens with one attached hydrogen (secondary N) is 1. The zero-order chi connectivity index (χ0) is 21.5. The van der Waals surface area contributed by atoms with Gasteiger partial charge in [-0.1, -0.05) is 24.3 Å². The average Bonchev–Trinajstić information content (AvgIpc) is 2.84. The minimum atomic E-state index is 0.568. The van der Waals surface area contributed by atoms with E-state index in [4.69, 9.17) is 4.74 Å². The van der Waals surface area contributed by atoms with Crippen LogP contribution < -0.4 is 10.1 Å². The second-order valence-electron chi connectivity index (χ2n) is 7.58. The Morgan fingerprint density at radius 2 is 1.61 bits per heavy atom.